The molecule has 6 nitrogen and oxygen atoms in total. The molecule has 1 saturated carbocycles. The Balaban J connectivity index is 1.55. The van der Waals surface area contributed by atoms with Gasteiger partial charge in [-0.25, -0.2) is 9.49 Å². The zero-order valence-electron chi connectivity index (χ0n) is 21.2. The molecular formula is C26H28F7N5O. The van der Waals surface area contributed by atoms with Gasteiger partial charge in [0, 0.05) is 25.4 Å². The second-order valence-corrected chi connectivity index (χ2v) is 9.93. The maximum Gasteiger partial charge on any atom is 0.416 e. The third kappa shape index (κ3) is 7.33. The van der Waals surface area contributed by atoms with E-state index >= 15 is 0 Å². The highest BCUT2D eigenvalue weighted by molar-refractivity contribution is 5.35. The van der Waals surface area contributed by atoms with E-state index in [2.05, 4.69) is 25.5 Å². The van der Waals surface area contributed by atoms with Crippen LogP contribution in [-0.4, -0.2) is 51.8 Å². The van der Waals surface area contributed by atoms with Gasteiger partial charge in [-0.15, -0.1) is 5.10 Å². The summed E-state index contributed by atoms with van der Waals surface area (Å²) in [4.78, 5) is 2.10. The van der Waals surface area contributed by atoms with E-state index in [1.54, 1.807) is 12.1 Å². The van der Waals surface area contributed by atoms with E-state index in [9.17, 15) is 30.7 Å². The van der Waals surface area contributed by atoms with Crippen molar-refractivity contribution in [2.45, 2.75) is 56.7 Å². The molecule has 1 fully saturated rings. The van der Waals surface area contributed by atoms with Gasteiger partial charge in [0.05, 0.1) is 23.3 Å². The fourth-order valence-electron chi connectivity index (χ4n) is 5.20. The van der Waals surface area contributed by atoms with E-state index in [4.69, 9.17) is 4.74 Å². The molecule has 39 heavy (non-hydrogen) atoms. The Morgan fingerprint density at radius 2 is 1.64 bits per heavy atom. The molecule has 1 heterocycles. The van der Waals surface area contributed by atoms with Gasteiger partial charge in [-0.1, -0.05) is 12.1 Å². The molecule has 212 valence electrons. The van der Waals surface area contributed by atoms with Gasteiger partial charge in [0.1, 0.15) is 11.6 Å². The van der Waals surface area contributed by atoms with Gasteiger partial charge in [0.2, 0.25) is 0 Å². The highest BCUT2D eigenvalue weighted by atomic mass is 19.4. The van der Waals surface area contributed by atoms with Crippen molar-refractivity contribution in [1.29, 1.82) is 0 Å². The number of aromatic amines is 1. The van der Waals surface area contributed by atoms with Crippen LogP contribution >= 0.6 is 0 Å². The first-order valence-corrected chi connectivity index (χ1v) is 12.4. The summed E-state index contributed by atoms with van der Waals surface area (Å²) >= 11 is 0. The molecule has 0 radical (unpaired) electrons. The molecule has 1 N–H and O–H groups in total. The molecule has 0 saturated heterocycles. The highest BCUT2D eigenvalue weighted by Gasteiger charge is 2.41. The van der Waals surface area contributed by atoms with Gasteiger partial charge >= 0.3 is 12.4 Å². The van der Waals surface area contributed by atoms with Gasteiger partial charge in [-0.05, 0) is 84.6 Å². The maximum atomic E-state index is 13.7. The lowest BCUT2D eigenvalue weighted by atomic mass is 9.87. The summed E-state index contributed by atoms with van der Waals surface area (Å²) < 4.78 is 100. The summed E-state index contributed by atoms with van der Waals surface area (Å²) in [6.07, 6.45) is -9.59. The number of nitrogens with one attached hydrogen (secondary N) is 1. The van der Waals surface area contributed by atoms with Gasteiger partial charge in [0.15, 0.2) is 0 Å². The minimum atomic E-state index is -4.95. The summed E-state index contributed by atoms with van der Waals surface area (Å²) in [5, 5.41) is 13.7. The van der Waals surface area contributed by atoms with Crippen LogP contribution in [0.5, 0.6) is 0 Å². The highest BCUT2D eigenvalue weighted by Crippen LogP contribution is 2.45. The number of nitrogens with zero attached hydrogens (tertiary/aromatic N) is 4. The molecule has 0 aliphatic heterocycles. The topological polar surface area (TPSA) is 66.9 Å². The molecule has 0 spiro atoms. The van der Waals surface area contributed by atoms with Gasteiger partial charge in [-0.2, -0.15) is 26.3 Å². The number of H-pyrrole nitrogens is 1. The largest absolute Gasteiger partial charge is 0.416 e. The first-order chi connectivity index (χ1) is 18.3. The number of rotatable bonds is 9. The third-order valence-corrected chi connectivity index (χ3v) is 7.11. The van der Waals surface area contributed by atoms with E-state index in [1.165, 1.54) is 19.1 Å². The molecule has 1 aliphatic rings. The van der Waals surface area contributed by atoms with Crippen molar-refractivity contribution in [3.8, 4) is 0 Å². The van der Waals surface area contributed by atoms with E-state index in [0.717, 1.165) is 5.56 Å². The van der Waals surface area contributed by atoms with Crippen LogP contribution in [0.2, 0.25) is 0 Å². The SMILES string of the molecule is C[C@@H](OC1CCC(CN(C)CCc2nnn[nH]2)C1c1ccc(F)cc1)c1cc(C(F)(F)F)cc(C(F)(F)F)c1. The standard InChI is InChI=1S/C26H28F7N5O/c1-15(18-11-19(25(28,29)30)13-20(12-18)26(31,32)33)39-22-8-5-17(24(22)16-3-6-21(27)7-4-16)14-38(2)10-9-23-34-36-37-35-23/h3-4,6-7,11-13,15,17,22,24H,5,8-10,14H2,1-2H3,(H,34,35,36,37)/t15-,17?,22?,24?/m1/s1. The number of alkyl halides is 6. The zero-order chi connectivity index (χ0) is 28.4. The smallest absolute Gasteiger partial charge is 0.370 e. The number of hydrogen-bond donors (Lipinski definition) is 1. The van der Waals surface area contributed by atoms with Crippen molar-refractivity contribution in [2.75, 3.05) is 20.1 Å². The minimum Gasteiger partial charge on any atom is -0.370 e. The Bertz CT molecular complexity index is 1180. The van der Waals surface area contributed by atoms with Crippen LogP contribution < -0.4 is 0 Å². The second kappa shape index (κ2) is 11.6. The monoisotopic (exact) mass is 559 g/mol. The molecular weight excluding hydrogens is 531 g/mol. The Kier molecular flexibility index (Phi) is 8.60. The summed E-state index contributed by atoms with van der Waals surface area (Å²) in [5.41, 5.74) is -2.18. The Morgan fingerprint density at radius 1 is 1.00 bits per heavy atom. The molecule has 4 atom stereocenters. The van der Waals surface area contributed by atoms with Crippen molar-refractivity contribution in [3.63, 3.8) is 0 Å². The molecule has 1 aromatic heterocycles. The van der Waals surface area contributed by atoms with E-state index in [0.29, 0.717) is 50.3 Å². The summed E-state index contributed by atoms with van der Waals surface area (Å²) in [7, 11) is 1.93. The van der Waals surface area contributed by atoms with Gasteiger partial charge in [0.25, 0.3) is 0 Å². The van der Waals surface area contributed by atoms with Crippen molar-refractivity contribution in [1.82, 2.24) is 25.5 Å². The predicted octanol–water partition coefficient (Wildman–Crippen LogP) is 6.19. The third-order valence-electron chi connectivity index (χ3n) is 7.11. The number of ether oxygens (including phenoxy) is 1. The fraction of sp³-hybridized carbons (Fsp3) is 0.500. The Hall–Kier alpha value is -3.06. The van der Waals surface area contributed by atoms with Crippen LogP contribution in [0, 0.1) is 11.7 Å². The van der Waals surface area contributed by atoms with Crippen molar-refractivity contribution < 1.29 is 35.5 Å². The molecule has 4 rings (SSSR count). The summed E-state index contributed by atoms with van der Waals surface area (Å²) in [6, 6.07) is 7.45. The van der Waals surface area contributed by atoms with E-state index < -0.39 is 41.5 Å². The predicted molar refractivity (Wildman–Crippen MR) is 127 cm³/mol. The first-order valence-electron chi connectivity index (χ1n) is 12.4. The number of tetrazole rings is 1. The van der Waals surface area contributed by atoms with E-state index in [-0.39, 0.29) is 23.5 Å². The minimum absolute atomic E-state index is 0.0535. The van der Waals surface area contributed by atoms with Crippen LogP contribution in [0.4, 0.5) is 30.7 Å². The molecule has 3 aromatic rings. The van der Waals surface area contributed by atoms with Gasteiger partial charge in [-0.3, -0.25) is 0 Å². The number of aromatic nitrogens is 4. The Labute approximate surface area is 220 Å². The van der Waals surface area contributed by atoms with E-state index in [1.807, 2.05) is 7.05 Å². The number of likely N-dealkylation sites (N-methyl/N-ethyl adjacent to an activating group) is 1. The van der Waals surface area contributed by atoms with Crippen LogP contribution in [-0.2, 0) is 23.5 Å². The van der Waals surface area contributed by atoms with Crippen molar-refractivity contribution >= 4 is 0 Å². The molecule has 2 aromatic carbocycles. The van der Waals surface area contributed by atoms with Crippen molar-refractivity contribution in [3.05, 3.63) is 76.4 Å². The van der Waals surface area contributed by atoms with Crippen LogP contribution in [0.1, 0.15) is 59.9 Å². The normalized spacial score (nSPS) is 21.0. The fourth-order valence-corrected chi connectivity index (χ4v) is 5.20. The number of benzene rings is 2. The van der Waals surface area contributed by atoms with Crippen LogP contribution in [0.3, 0.4) is 0 Å². The number of halogens is 7. The average molecular weight is 560 g/mol. The molecule has 0 amide bonds. The quantitative estimate of drug-likeness (QED) is 0.317. The van der Waals surface area contributed by atoms with Crippen LogP contribution in [0.15, 0.2) is 42.5 Å². The molecule has 0 bridgehead atoms. The van der Waals surface area contributed by atoms with Crippen molar-refractivity contribution in [2.24, 2.45) is 5.92 Å². The Morgan fingerprint density at radius 3 is 2.21 bits per heavy atom. The average Bonchev–Trinajstić information content (AvgIpc) is 3.52. The lowest BCUT2D eigenvalue weighted by Crippen LogP contribution is -2.31. The molecule has 3 unspecified atom stereocenters. The summed E-state index contributed by atoms with van der Waals surface area (Å²) in [6.45, 7) is 2.73. The maximum absolute atomic E-state index is 13.7. The second-order valence-electron chi connectivity index (χ2n) is 9.93. The lowest BCUT2D eigenvalue weighted by molar-refractivity contribution is -0.143. The van der Waals surface area contributed by atoms with Crippen LogP contribution in [0.25, 0.3) is 0 Å². The van der Waals surface area contributed by atoms with Gasteiger partial charge < -0.3 is 9.64 Å². The zero-order valence-corrected chi connectivity index (χ0v) is 21.2. The summed E-state index contributed by atoms with van der Waals surface area (Å²) in [5.74, 6) is 0.0337. The molecule has 13 heteroatoms. The lowest BCUT2D eigenvalue weighted by Gasteiger charge is -2.30. The number of hydrogen-bond acceptors (Lipinski definition) is 5. The first kappa shape index (κ1) is 28.9. The molecule has 1 aliphatic carbocycles.